The summed E-state index contributed by atoms with van der Waals surface area (Å²) in [6.07, 6.45) is 0.738. The van der Waals surface area contributed by atoms with Gasteiger partial charge in [0, 0.05) is 12.0 Å². The molecule has 0 atom stereocenters. The summed E-state index contributed by atoms with van der Waals surface area (Å²) in [6, 6.07) is 3.76. The minimum Gasteiger partial charge on any atom is -0.481 e. The average molecular weight is 220 g/mol. The summed E-state index contributed by atoms with van der Waals surface area (Å²) in [6.45, 7) is 1.89. The number of aryl methyl sites for hydroxylation is 1. The lowest BCUT2D eigenvalue weighted by molar-refractivity contribution is -0.137. The molecule has 1 N–H and O–H groups in total. The summed E-state index contributed by atoms with van der Waals surface area (Å²) in [5.41, 5.74) is 2.66. The first kappa shape index (κ1) is 10.7. The molecule has 0 amide bonds. The highest BCUT2D eigenvalue weighted by Crippen LogP contribution is 2.33. The first-order valence-corrected chi connectivity index (χ1v) is 5.12. The quantitative estimate of drug-likeness (QED) is 0.619. The number of carbonyl (C=O) groups excluding carboxylic acids is 1. The lowest BCUT2D eigenvalue weighted by Gasteiger charge is -2.09. The number of esters is 1. The van der Waals surface area contributed by atoms with E-state index in [1.807, 2.05) is 19.1 Å². The minimum atomic E-state index is -0.846. The van der Waals surface area contributed by atoms with Crippen molar-refractivity contribution in [1.29, 1.82) is 0 Å². The molecule has 4 nitrogen and oxygen atoms in total. The number of carboxylic acids is 1. The summed E-state index contributed by atoms with van der Waals surface area (Å²) < 4.78 is 5.12. The van der Waals surface area contributed by atoms with Crippen molar-refractivity contribution in [3.05, 3.63) is 28.8 Å². The Morgan fingerprint density at radius 1 is 1.50 bits per heavy atom. The molecule has 16 heavy (non-hydrogen) atoms. The van der Waals surface area contributed by atoms with Crippen molar-refractivity contribution < 1.29 is 19.4 Å². The second kappa shape index (κ2) is 3.96. The number of rotatable bonds is 3. The van der Waals surface area contributed by atoms with E-state index in [9.17, 15) is 9.59 Å². The van der Waals surface area contributed by atoms with Crippen LogP contribution in [0.25, 0.3) is 0 Å². The van der Waals surface area contributed by atoms with Crippen molar-refractivity contribution in [1.82, 2.24) is 0 Å². The summed E-state index contributed by atoms with van der Waals surface area (Å²) in [7, 11) is 0. The molecule has 0 spiro atoms. The summed E-state index contributed by atoms with van der Waals surface area (Å²) in [5.74, 6) is -0.537. The van der Waals surface area contributed by atoms with Crippen LogP contribution in [0.15, 0.2) is 12.1 Å². The third-order valence-corrected chi connectivity index (χ3v) is 2.72. The van der Waals surface area contributed by atoms with E-state index in [2.05, 4.69) is 0 Å². The van der Waals surface area contributed by atoms with Crippen LogP contribution in [0.1, 0.15) is 23.1 Å². The third-order valence-electron chi connectivity index (χ3n) is 2.72. The van der Waals surface area contributed by atoms with Gasteiger partial charge in [-0.2, -0.15) is 0 Å². The Hall–Kier alpha value is -1.84. The third kappa shape index (κ3) is 1.91. The van der Waals surface area contributed by atoms with Crippen LogP contribution < -0.4 is 4.74 Å². The van der Waals surface area contributed by atoms with E-state index in [0.717, 1.165) is 16.7 Å². The van der Waals surface area contributed by atoms with Gasteiger partial charge in [-0.1, -0.05) is 12.1 Å². The molecule has 1 aromatic carbocycles. The van der Waals surface area contributed by atoms with Crippen molar-refractivity contribution in [3.63, 3.8) is 0 Å². The average Bonchev–Trinajstić information content (AvgIpc) is 2.57. The van der Waals surface area contributed by atoms with E-state index < -0.39 is 5.97 Å². The molecule has 0 aromatic heterocycles. The van der Waals surface area contributed by atoms with Crippen LogP contribution in [0, 0.1) is 6.92 Å². The number of fused-ring (bicyclic) bond motifs is 1. The molecule has 1 aromatic rings. The van der Waals surface area contributed by atoms with Gasteiger partial charge in [-0.3, -0.25) is 9.59 Å². The molecule has 0 saturated carbocycles. The molecular formula is C12H12O4. The smallest absolute Gasteiger partial charge is 0.315 e. The molecule has 0 radical (unpaired) electrons. The van der Waals surface area contributed by atoms with Gasteiger partial charge in [0.1, 0.15) is 5.75 Å². The number of hydrogen-bond donors (Lipinski definition) is 1. The summed E-state index contributed by atoms with van der Waals surface area (Å²) in [5, 5.41) is 8.66. The predicted molar refractivity (Wildman–Crippen MR) is 56.5 cm³/mol. The van der Waals surface area contributed by atoms with Crippen molar-refractivity contribution >= 4 is 11.9 Å². The van der Waals surface area contributed by atoms with Crippen LogP contribution in [-0.4, -0.2) is 17.0 Å². The zero-order valence-electron chi connectivity index (χ0n) is 8.95. The Morgan fingerprint density at radius 3 is 2.94 bits per heavy atom. The van der Waals surface area contributed by atoms with Gasteiger partial charge in [0.05, 0.1) is 6.42 Å². The van der Waals surface area contributed by atoms with E-state index >= 15 is 0 Å². The highest BCUT2D eigenvalue weighted by atomic mass is 16.5. The van der Waals surface area contributed by atoms with E-state index in [0.29, 0.717) is 12.2 Å². The Kier molecular flexibility index (Phi) is 2.64. The monoisotopic (exact) mass is 220 g/mol. The molecule has 0 bridgehead atoms. The SMILES string of the molecule is Cc1ccc2c(c1CCC(=O)O)OC(=O)C2. The lowest BCUT2D eigenvalue weighted by Crippen LogP contribution is -2.03. The molecule has 0 aliphatic carbocycles. The molecule has 1 heterocycles. The van der Waals surface area contributed by atoms with Crippen LogP contribution >= 0.6 is 0 Å². The van der Waals surface area contributed by atoms with Crippen LogP contribution in [0.4, 0.5) is 0 Å². The maximum absolute atomic E-state index is 11.2. The summed E-state index contributed by atoms with van der Waals surface area (Å²) in [4.78, 5) is 21.7. The number of carboxylic acid groups (broad SMARTS) is 1. The van der Waals surface area contributed by atoms with Gasteiger partial charge in [-0.25, -0.2) is 0 Å². The summed E-state index contributed by atoms with van der Waals surface area (Å²) >= 11 is 0. The lowest BCUT2D eigenvalue weighted by atomic mass is 9.99. The second-order valence-corrected chi connectivity index (χ2v) is 3.89. The van der Waals surface area contributed by atoms with Gasteiger partial charge in [0.25, 0.3) is 0 Å². The van der Waals surface area contributed by atoms with Gasteiger partial charge < -0.3 is 9.84 Å². The Balaban J connectivity index is 2.33. The molecule has 84 valence electrons. The van der Waals surface area contributed by atoms with Crippen molar-refractivity contribution in [2.45, 2.75) is 26.2 Å². The van der Waals surface area contributed by atoms with E-state index in [1.54, 1.807) is 0 Å². The van der Waals surface area contributed by atoms with Gasteiger partial charge in [0.2, 0.25) is 0 Å². The zero-order valence-corrected chi connectivity index (χ0v) is 8.95. The Morgan fingerprint density at radius 2 is 2.25 bits per heavy atom. The number of ether oxygens (including phenoxy) is 1. The molecule has 0 fully saturated rings. The van der Waals surface area contributed by atoms with Crippen molar-refractivity contribution in [3.8, 4) is 5.75 Å². The molecular weight excluding hydrogens is 208 g/mol. The topological polar surface area (TPSA) is 63.6 Å². The van der Waals surface area contributed by atoms with E-state index in [4.69, 9.17) is 9.84 Å². The molecule has 2 rings (SSSR count). The highest BCUT2D eigenvalue weighted by molar-refractivity contribution is 5.82. The first-order chi connectivity index (χ1) is 7.58. The standard InChI is InChI=1S/C12H12O4/c1-7-2-3-8-6-11(15)16-12(8)9(7)4-5-10(13)14/h2-3H,4-6H2,1H3,(H,13,14). The first-order valence-electron chi connectivity index (χ1n) is 5.12. The molecule has 1 aliphatic rings. The fourth-order valence-corrected chi connectivity index (χ4v) is 1.89. The molecule has 0 unspecified atom stereocenters. The van der Waals surface area contributed by atoms with Crippen molar-refractivity contribution in [2.24, 2.45) is 0 Å². The minimum absolute atomic E-state index is 0.0504. The highest BCUT2D eigenvalue weighted by Gasteiger charge is 2.24. The van der Waals surface area contributed by atoms with Gasteiger partial charge in [-0.15, -0.1) is 0 Å². The van der Waals surface area contributed by atoms with Crippen molar-refractivity contribution in [2.75, 3.05) is 0 Å². The van der Waals surface area contributed by atoms with Crippen LogP contribution in [0.2, 0.25) is 0 Å². The van der Waals surface area contributed by atoms with Crippen LogP contribution in [0.3, 0.4) is 0 Å². The second-order valence-electron chi connectivity index (χ2n) is 3.89. The van der Waals surface area contributed by atoms with Crippen LogP contribution in [-0.2, 0) is 22.4 Å². The van der Waals surface area contributed by atoms with Gasteiger partial charge >= 0.3 is 11.9 Å². The zero-order chi connectivity index (χ0) is 11.7. The fourth-order valence-electron chi connectivity index (χ4n) is 1.89. The normalized spacial score (nSPS) is 13.4. The van der Waals surface area contributed by atoms with Crippen LogP contribution in [0.5, 0.6) is 5.75 Å². The number of carbonyl (C=O) groups is 2. The molecule has 1 aliphatic heterocycles. The molecule has 4 heteroatoms. The maximum atomic E-state index is 11.2. The van der Waals surface area contributed by atoms with E-state index in [-0.39, 0.29) is 18.8 Å². The molecule has 0 saturated heterocycles. The van der Waals surface area contributed by atoms with E-state index in [1.165, 1.54) is 0 Å². The number of aliphatic carboxylic acids is 1. The van der Waals surface area contributed by atoms with Gasteiger partial charge in [-0.05, 0) is 24.5 Å². The number of hydrogen-bond acceptors (Lipinski definition) is 3. The predicted octanol–water partition coefficient (Wildman–Crippen LogP) is 1.47. The Labute approximate surface area is 92.8 Å². The Bertz CT molecular complexity index is 462. The van der Waals surface area contributed by atoms with Gasteiger partial charge in [0.15, 0.2) is 0 Å². The number of benzene rings is 1. The fraction of sp³-hybridized carbons (Fsp3) is 0.333. The maximum Gasteiger partial charge on any atom is 0.315 e. The largest absolute Gasteiger partial charge is 0.481 e.